The zero-order valence-corrected chi connectivity index (χ0v) is 11.9. The zero-order chi connectivity index (χ0) is 14.6. The highest BCUT2D eigenvalue weighted by Gasteiger charge is 2.25. The van der Waals surface area contributed by atoms with Gasteiger partial charge in [-0.15, -0.1) is 0 Å². The number of nitriles is 1. The quantitative estimate of drug-likeness (QED) is 0.667. The molecular formula is C15H20N2O2. The lowest BCUT2D eigenvalue weighted by Gasteiger charge is -2.18. The number of carbonyl (C=O) groups excluding carboxylic acids is 1. The second-order valence-electron chi connectivity index (χ2n) is 4.81. The van der Waals surface area contributed by atoms with Crippen LogP contribution in [0.1, 0.15) is 49.3 Å². The number of nitrogens with zero attached hydrogens (tertiary/aromatic N) is 1. The first-order chi connectivity index (χ1) is 8.92. The van der Waals surface area contributed by atoms with E-state index in [1.807, 2.05) is 39.0 Å². The summed E-state index contributed by atoms with van der Waals surface area (Å²) in [6.07, 6.45) is 0. The summed E-state index contributed by atoms with van der Waals surface area (Å²) >= 11 is 0. The lowest BCUT2D eigenvalue weighted by Crippen LogP contribution is -2.17. The smallest absolute Gasteiger partial charge is 0.327 e. The Labute approximate surface area is 114 Å². The molecule has 0 bridgehead atoms. The van der Waals surface area contributed by atoms with E-state index in [4.69, 9.17) is 10.5 Å². The Morgan fingerprint density at radius 1 is 1.42 bits per heavy atom. The number of anilines is 1. The third-order valence-electron chi connectivity index (χ3n) is 3.06. The average Bonchev–Trinajstić information content (AvgIpc) is 2.34. The van der Waals surface area contributed by atoms with Crippen LogP contribution in [0.2, 0.25) is 0 Å². The first-order valence-corrected chi connectivity index (χ1v) is 6.38. The molecule has 0 saturated heterocycles. The molecule has 1 unspecified atom stereocenters. The van der Waals surface area contributed by atoms with E-state index in [-0.39, 0.29) is 12.5 Å². The molecule has 0 amide bonds. The molecule has 1 rings (SSSR count). The van der Waals surface area contributed by atoms with E-state index in [1.54, 1.807) is 6.92 Å². The highest BCUT2D eigenvalue weighted by molar-refractivity contribution is 5.82. The summed E-state index contributed by atoms with van der Waals surface area (Å²) in [5, 5.41) is 9.26. The molecule has 0 spiro atoms. The summed E-state index contributed by atoms with van der Waals surface area (Å²) in [5.41, 5.74) is 9.06. The Hall–Kier alpha value is -2.02. The predicted octanol–water partition coefficient (Wildman–Crippen LogP) is 2.87. The molecule has 0 fully saturated rings. The highest BCUT2D eigenvalue weighted by Crippen LogP contribution is 2.31. The summed E-state index contributed by atoms with van der Waals surface area (Å²) in [5.74, 6) is -1.21. The number of hydrogen-bond acceptors (Lipinski definition) is 4. The van der Waals surface area contributed by atoms with E-state index in [9.17, 15) is 10.1 Å². The minimum atomic E-state index is -0.892. The summed E-state index contributed by atoms with van der Waals surface area (Å²) < 4.78 is 4.96. The fourth-order valence-electron chi connectivity index (χ4n) is 1.99. The first-order valence-electron chi connectivity index (χ1n) is 6.38. The molecule has 102 valence electrons. The average molecular weight is 260 g/mol. The van der Waals surface area contributed by atoms with Crippen LogP contribution in [0.4, 0.5) is 5.69 Å². The Bertz CT molecular complexity index is 516. The van der Waals surface area contributed by atoms with E-state index >= 15 is 0 Å². The van der Waals surface area contributed by atoms with E-state index in [0.29, 0.717) is 11.3 Å². The fourth-order valence-corrected chi connectivity index (χ4v) is 1.99. The molecule has 1 aromatic carbocycles. The molecule has 0 aliphatic heterocycles. The van der Waals surface area contributed by atoms with Crippen molar-refractivity contribution in [3.63, 3.8) is 0 Å². The number of nitrogen functional groups attached to an aromatic ring is 1. The Kier molecular flexibility index (Phi) is 4.94. The summed E-state index contributed by atoms with van der Waals surface area (Å²) in [7, 11) is 0. The van der Waals surface area contributed by atoms with Crippen LogP contribution in [-0.2, 0) is 9.53 Å². The van der Waals surface area contributed by atoms with Gasteiger partial charge in [-0.05, 0) is 42.5 Å². The van der Waals surface area contributed by atoms with Gasteiger partial charge in [0.15, 0.2) is 5.92 Å². The van der Waals surface area contributed by atoms with Crippen LogP contribution < -0.4 is 5.73 Å². The Morgan fingerprint density at radius 2 is 2.05 bits per heavy atom. The number of rotatable bonds is 4. The molecule has 0 radical (unpaired) electrons. The highest BCUT2D eigenvalue weighted by atomic mass is 16.5. The van der Waals surface area contributed by atoms with Gasteiger partial charge in [0.1, 0.15) is 0 Å². The van der Waals surface area contributed by atoms with Gasteiger partial charge in [-0.25, -0.2) is 0 Å². The van der Waals surface area contributed by atoms with Crippen molar-refractivity contribution in [2.75, 3.05) is 12.3 Å². The number of carbonyl (C=O) groups is 1. The molecule has 0 heterocycles. The lowest BCUT2D eigenvalue weighted by atomic mass is 9.87. The van der Waals surface area contributed by atoms with Gasteiger partial charge in [0.25, 0.3) is 0 Å². The van der Waals surface area contributed by atoms with Crippen molar-refractivity contribution in [1.82, 2.24) is 0 Å². The molecule has 1 aromatic rings. The summed E-state index contributed by atoms with van der Waals surface area (Å²) in [6, 6.07) is 5.69. The molecular weight excluding hydrogens is 240 g/mol. The molecule has 0 aromatic heterocycles. The standard InChI is InChI=1S/C15H20N2O2/c1-5-19-15(18)13(8-16)12-6-10(4)14(17)7-11(12)9(2)3/h6-7,9,13H,5,17H2,1-4H3. The van der Waals surface area contributed by atoms with Gasteiger partial charge >= 0.3 is 5.97 Å². The number of ether oxygens (including phenoxy) is 1. The van der Waals surface area contributed by atoms with Crippen molar-refractivity contribution in [2.24, 2.45) is 0 Å². The molecule has 0 aliphatic carbocycles. The maximum absolute atomic E-state index is 11.9. The van der Waals surface area contributed by atoms with Crippen LogP contribution in [-0.4, -0.2) is 12.6 Å². The fraction of sp³-hybridized carbons (Fsp3) is 0.467. The van der Waals surface area contributed by atoms with Crippen molar-refractivity contribution in [2.45, 2.75) is 39.5 Å². The van der Waals surface area contributed by atoms with Crippen LogP contribution in [0.5, 0.6) is 0 Å². The van der Waals surface area contributed by atoms with Crippen molar-refractivity contribution in [3.8, 4) is 6.07 Å². The Morgan fingerprint density at radius 3 is 2.53 bits per heavy atom. The van der Waals surface area contributed by atoms with Gasteiger partial charge in [-0.2, -0.15) is 5.26 Å². The number of esters is 1. The van der Waals surface area contributed by atoms with Crippen molar-refractivity contribution < 1.29 is 9.53 Å². The molecule has 0 saturated carbocycles. The molecule has 2 N–H and O–H groups in total. The van der Waals surface area contributed by atoms with Crippen molar-refractivity contribution >= 4 is 11.7 Å². The lowest BCUT2D eigenvalue weighted by molar-refractivity contribution is -0.143. The number of nitrogens with two attached hydrogens (primary N) is 1. The third kappa shape index (κ3) is 3.25. The van der Waals surface area contributed by atoms with Gasteiger partial charge in [-0.1, -0.05) is 19.9 Å². The molecule has 1 atom stereocenters. The van der Waals surface area contributed by atoms with Gasteiger partial charge in [-0.3, -0.25) is 4.79 Å². The first kappa shape index (κ1) is 15.0. The maximum Gasteiger partial charge on any atom is 0.327 e. The summed E-state index contributed by atoms with van der Waals surface area (Å²) in [6.45, 7) is 7.87. The van der Waals surface area contributed by atoms with Crippen LogP contribution in [0.25, 0.3) is 0 Å². The summed E-state index contributed by atoms with van der Waals surface area (Å²) in [4.78, 5) is 11.9. The largest absolute Gasteiger partial charge is 0.465 e. The SMILES string of the molecule is CCOC(=O)C(C#N)c1cc(C)c(N)cc1C(C)C. The van der Waals surface area contributed by atoms with Crippen LogP contribution in [0.15, 0.2) is 12.1 Å². The number of benzene rings is 1. The van der Waals surface area contributed by atoms with E-state index < -0.39 is 11.9 Å². The van der Waals surface area contributed by atoms with Gasteiger partial charge in [0.05, 0.1) is 12.7 Å². The van der Waals surface area contributed by atoms with Gasteiger partial charge < -0.3 is 10.5 Å². The van der Waals surface area contributed by atoms with Crippen LogP contribution in [0, 0.1) is 18.3 Å². The van der Waals surface area contributed by atoms with E-state index in [2.05, 4.69) is 0 Å². The second-order valence-corrected chi connectivity index (χ2v) is 4.81. The van der Waals surface area contributed by atoms with Gasteiger partial charge in [0, 0.05) is 5.69 Å². The number of hydrogen-bond donors (Lipinski definition) is 1. The molecule has 19 heavy (non-hydrogen) atoms. The maximum atomic E-state index is 11.9. The second kappa shape index (κ2) is 6.24. The normalized spacial score (nSPS) is 12.0. The minimum Gasteiger partial charge on any atom is -0.465 e. The van der Waals surface area contributed by atoms with Crippen LogP contribution in [0.3, 0.4) is 0 Å². The molecule has 4 heteroatoms. The number of aryl methyl sites for hydroxylation is 1. The van der Waals surface area contributed by atoms with E-state index in [1.165, 1.54) is 0 Å². The molecule has 4 nitrogen and oxygen atoms in total. The zero-order valence-electron chi connectivity index (χ0n) is 11.9. The topological polar surface area (TPSA) is 76.1 Å². The third-order valence-corrected chi connectivity index (χ3v) is 3.06. The molecule has 0 aliphatic rings. The van der Waals surface area contributed by atoms with Crippen molar-refractivity contribution in [3.05, 3.63) is 28.8 Å². The van der Waals surface area contributed by atoms with E-state index in [0.717, 1.165) is 11.1 Å². The van der Waals surface area contributed by atoms with Crippen molar-refractivity contribution in [1.29, 1.82) is 5.26 Å². The van der Waals surface area contributed by atoms with Crippen LogP contribution >= 0.6 is 0 Å². The Balaban J connectivity index is 3.34. The minimum absolute atomic E-state index is 0.183. The van der Waals surface area contributed by atoms with Gasteiger partial charge in [0.2, 0.25) is 0 Å². The monoisotopic (exact) mass is 260 g/mol. The predicted molar refractivity (Wildman–Crippen MR) is 74.7 cm³/mol.